The third-order valence-electron chi connectivity index (χ3n) is 8.19. The third-order valence-corrected chi connectivity index (χ3v) is 9.15. The third kappa shape index (κ3) is 13.4. The molecule has 2 heterocycles. The fourth-order valence-corrected chi connectivity index (χ4v) is 6.52. The number of amides is 1. The molecular weight excluding hydrogens is 657 g/mol. The number of hydrogen-bond acceptors (Lipinski definition) is 7. The molecule has 0 bridgehead atoms. The molecule has 1 aromatic heterocycles. The summed E-state index contributed by atoms with van der Waals surface area (Å²) in [5.41, 5.74) is 5.50. The molecule has 3 atom stereocenters. The van der Waals surface area contributed by atoms with Crippen LogP contribution < -0.4 is 5.32 Å². The van der Waals surface area contributed by atoms with Crippen LogP contribution in [-0.4, -0.2) is 40.6 Å². The minimum Gasteiger partial charge on any atom is -0.431 e. The van der Waals surface area contributed by atoms with Crippen molar-refractivity contribution in [3.8, 4) is 11.3 Å². The Balaban J connectivity index is 0.00000345. The van der Waals surface area contributed by atoms with Crippen molar-refractivity contribution in [3.63, 3.8) is 0 Å². The Morgan fingerprint density at radius 1 is 1.00 bits per heavy atom. The summed E-state index contributed by atoms with van der Waals surface area (Å²) in [4.78, 5) is 17.4. The van der Waals surface area contributed by atoms with Gasteiger partial charge in [0.2, 0.25) is 5.91 Å². The van der Waals surface area contributed by atoms with E-state index >= 15 is 0 Å². The summed E-state index contributed by atoms with van der Waals surface area (Å²) < 4.78 is 19.6. The van der Waals surface area contributed by atoms with Gasteiger partial charge in [0.25, 0.3) is 5.22 Å². The Bertz CT molecular complexity index is 1560. The number of aliphatic hydroxyl groups is 1. The average Bonchev–Trinajstić information content (AvgIpc) is 3.60. The van der Waals surface area contributed by atoms with E-state index in [0.29, 0.717) is 30.2 Å². The highest BCUT2D eigenvalue weighted by Gasteiger charge is 2.33. The van der Waals surface area contributed by atoms with Crippen molar-refractivity contribution >= 4 is 28.9 Å². The van der Waals surface area contributed by atoms with E-state index in [9.17, 15) is 9.90 Å². The summed E-state index contributed by atoms with van der Waals surface area (Å²) in [6, 6.07) is 17.8. The Morgan fingerprint density at radius 2 is 1.76 bits per heavy atom. The van der Waals surface area contributed by atoms with Crippen LogP contribution in [0.2, 0.25) is 0 Å². The predicted octanol–water partition coefficient (Wildman–Crippen LogP) is 11.5. The largest absolute Gasteiger partial charge is 0.431 e. The number of allylic oxidation sites excluding steroid dienone is 5. The molecule has 1 fully saturated rings. The smallest absolute Gasteiger partial charge is 0.256 e. The average molecular weight is 715 g/mol. The van der Waals surface area contributed by atoms with E-state index < -0.39 is 6.29 Å². The second kappa shape index (κ2) is 23.7. The van der Waals surface area contributed by atoms with Gasteiger partial charge in [0.05, 0.1) is 12.2 Å². The highest BCUT2D eigenvalue weighted by molar-refractivity contribution is 7.99. The van der Waals surface area contributed by atoms with Crippen LogP contribution in [0.5, 0.6) is 0 Å². The second-order valence-corrected chi connectivity index (χ2v) is 13.0. The maximum atomic E-state index is 12.5. The number of carbonyl (C=O) groups is 1. The molecule has 1 saturated heterocycles. The lowest BCUT2D eigenvalue weighted by molar-refractivity contribution is -0.233. The molecule has 2 aromatic carbocycles. The summed E-state index contributed by atoms with van der Waals surface area (Å²) in [6.45, 7) is 12.4. The molecule has 0 spiro atoms. The number of aliphatic hydroxyl groups excluding tert-OH is 1. The molecule has 7 nitrogen and oxygen atoms in total. The first-order chi connectivity index (χ1) is 25.0. The van der Waals surface area contributed by atoms with Crippen LogP contribution in [0.25, 0.3) is 16.9 Å². The van der Waals surface area contributed by atoms with Gasteiger partial charge in [0.1, 0.15) is 5.69 Å². The standard InChI is InChI=1S/C41H52N2O5S.C2H6/c1-5-9-10-14-22-37(45)42-34-25-23-33(24-26-34)40-46-35(28-36(47-40)31(18-7-3)19-15-16-27-44)29-49-41-43-38(30(8-4)17-6-2)39(48-41)32-20-12-11-13-21-32;1-2/h6,8,11-13,15,17-21,23-26,35-36,40,44H,5,7,9-10,14,16,22,27-29H2,1-4H3,(H,42,45);1-2H3/b17-6-,19-15-,30-8+,31-18+;. The zero-order valence-electron chi connectivity index (χ0n) is 31.4. The van der Waals surface area contributed by atoms with Crippen LogP contribution in [-0.2, 0) is 14.3 Å². The Hall–Kier alpha value is -3.69. The SMILES string of the molecule is C/C=C\C(=C/C)c1nc(SCC2CC(C(/C=C\CCO)=C/CC)OC(c3ccc(NC(=O)CCCCCC)cc3)O2)oc1-c1ccccc1.CC. The van der Waals surface area contributed by atoms with Crippen molar-refractivity contribution < 1.29 is 23.8 Å². The molecule has 1 amide bonds. The van der Waals surface area contributed by atoms with Crippen LogP contribution >= 0.6 is 11.8 Å². The zero-order valence-corrected chi connectivity index (χ0v) is 32.2. The van der Waals surface area contributed by atoms with Gasteiger partial charge in [-0.05, 0) is 56.4 Å². The van der Waals surface area contributed by atoms with Crippen molar-refractivity contribution in [2.75, 3.05) is 17.7 Å². The number of thioether (sulfide) groups is 1. The topological polar surface area (TPSA) is 93.8 Å². The number of ether oxygens (including phenoxy) is 2. The highest BCUT2D eigenvalue weighted by Crippen LogP contribution is 2.38. The van der Waals surface area contributed by atoms with Gasteiger partial charge < -0.3 is 24.3 Å². The van der Waals surface area contributed by atoms with E-state index in [1.54, 1.807) is 0 Å². The first-order valence-electron chi connectivity index (χ1n) is 18.7. The van der Waals surface area contributed by atoms with Crippen LogP contribution in [0, 0.1) is 0 Å². The van der Waals surface area contributed by atoms with Crippen molar-refractivity contribution in [1.82, 2.24) is 4.98 Å². The summed E-state index contributed by atoms with van der Waals surface area (Å²) >= 11 is 1.54. The molecular formula is C43H58N2O5S. The number of carbonyl (C=O) groups excluding carboxylic acids is 1. The molecule has 276 valence electrons. The Kier molecular flexibility index (Phi) is 19.4. The molecule has 3 unspecified atom stereocenters. The lowest BCUT2D eigenvalue weighted by Gasteiger charge is -2.36. The number of oxazole rings is 1. The van der Waals surface area contributed by atoms with E-state index in [2.05, 4.69) is 31.3 Å². The summed E-state index contributed by atoms with van der Waals surface area (Å²) in [5, 5.41) is 13.0. The first-order valence-corrected chi connectivity index (χ1v) is 19.6. The number of aromatic nitrogens is 1. The van der Waals surface area contributed by atoms with Gasteiger partial charge in [0.15, 0.2) is 12.1 Å². The van der Waals surface area contributed by atoms with Crippen molar-refractivity contribution in [2.24, 2.45) is 0 Å². The van der Waals surface area contributed by atoms with Gasteiger partial charge >= 0.3 is 0 Å². The molecule has 1 aliphatic heterocycles. The van der Waals surface area contributed by atoms with E-state index in [1.807, 2.05) is 107 Å². The quantitative estimate of drug-likeness (QED) is 0.0769. The number of nitrogens with zero attached hydrogens (tertiary/aromatic N) is 1. The fraction of sp³-hybridized carbons (Fsp3) is 0.442. The maximum Gasteiger partial charge on any atom is 0.256 e. The van der Waals surface area contributed by atoms with Crippen LogP contribution in [0.3, 0.4) is 0 Å². The molecule has 2 N–H and O–H groups in total. The number of unbranched alkanes of at least 4 members (excludes halogenated alkanes) is 3. The Labute approximate surface area is 310 Å². The first kappa shape index (κ1) is 41.7. The maximum absolute atomic E-state index is 12.5. The van der Waals surface area contributed by atoms with Crippen LogP contribution in [0.15, 0.2) is 106 Å². The van der Waals surface area contributed by atoms with Gasteiger partial charge in [-0.2, -0.15) is 0 Å². The lowest BCUT2D eigenvalue weighted by Crippen LogP contribution is -2.36. The van der Waals surface area contributed by atoms with Gasteiger partial charge in [0, 0.05) is 42.0 Å². The van der Waals surface area contributed by atoms with E-state index in [1.165, 1.54) is 11.8 Å². The molecule has 0 saturated carbocycles. The summed E-state index contributed by atoms with van der Waals surface area (Å²) in [6.07, 6.45) is 18.3. The van der Waals surface area contributed by atoms with Crippen molar-refractivity contribution in [1.29, 1.82) is 0 Å². The molecule has 0 aliphatic carbocycles. The Morgan fingerprint density at radius 3 is 2.43 bits per heavy atom. The molecule has 0 radical (unpaired) electrons. The fourth-order valence-electron chi connectivity index (χ4n) is 5.68. The number of hydrogen-bond donors (Lipinski definition) is 2. The normalized spacial score (nSPS) is 18.2. The van der Waals surface area contributed by atoms with Crippen LogP contribution in [0.4, 0.5) is 5.69 Å². The molecule has 1 aliphatic rings. The number of benzene rings is 2. The lowest BCUT2D eigenvalue weighted by atomic mass is 10.00. The monoisotopic (exact) mass is 714 g/mol. The minimum absolute atomic E-state index is 0.0348. The van der Waals surface area contributed by atoms with E-state index in [-0.39, 0.29) is 24.7 Å². The summed E-state index contributed by atoms with van der Waals surface area (Å²) in [7, 11) is 0. The number of anilines is 1. The molecule has 51 heavy (non-hydrogen) atoms. The van der Waals surface area contributed by atoms with Crippen molar-refractivity contribution in [3.05, 3.63) is 108 Å². The molecule has 4 rings (SSSR count). The number of nitrogens with one attached hydrogen (secondary N) is 1. The molecule has 3 aromatic rings. The number of rotatable bonds is 18. The van der Waals surface area contributed by atoms with E-state index in [0.717, 1.165) is 71.5 Å². The van der Waals surface area contributed by atoms with E-state index in [4.69, 9.17) is 18.9 Å². The highest BCUT2D eigenvalue weighted by atomic mass is 32.2. The van der Waals surface area contributed by atoms with Gasteiger partial charge in [-0.3, -0.25) is 4.79 Å². The van der Waals surface area contributed by atoms with Crippen molar-refractivity contribution in [2.45, 2.75) is 117 Å². The second-order valence-electron chi connectivity index (χ2n) is 12.0. The van der Waals surface area contributed by atoms with Gasteiger partial charge in [-0.15, -0.1) is 0 Å². The minimum atomic E-state index is -0.598. The zero-order chi connectivity index (χ0) is 36.8. The molecule has 8 heteroatoms. The predicted molar refractivity (Wildman–Crippen MR) is 213 cm³/mol. The summed E-state index contributed by atoms with van der Waals surface area (Å²) in [5.74, 6) is 1.39. The van der Waals surface area contributed by atoms with Crippen LogP contribution in [0.1, 0.15) is 110 Å². The van der Waals surface area contributed by atoms with Gasteiger partial charge in [-0.1, -0.05) is 138 Å². The van der Waals surface area contributed by atoms with Gasteiger partial charge in [-0.25, -0.2) is 4.98 Å².